The number of carbonyl (C=O) groups is 2. The number of nitrogens with zero attached hydrogens (tertiary/aromatic N) is 3. The highest BCUT2D eigenvalue weighted by Gasteiger charge is 2.35. The van der Waals surface area contributed by atoms with Gasteiger partial charge in [-0.1, -0.05) is 12.1 Å². The van der Waals surface area contributed by atoms with Crippen molar-refractivity contribution in [3.8, 4) is 0 Å². The van der Waals surface area contributed by atoms with Crippen LogP contribution in [0, 0.1) is 12.8 Å². The van der Waals surface area contributed by atoms with Crippen LogP contribution in [0.25, 0.3) is 0 Å². The van der Waals surface area contributed by atoms with Crippen molar-refractivity contribution in [2.45, 2.75) is 13.3 Å². The number of hydrogen-bond donors (Lipinski definition) is 1. The molecule has 3 rings (SSSR count). The standard InChI is InChI=1S/C18H25N3O5S/c1-14-3-2-4-16(11-14)19-7-9-21(10-8-19)27(25,26)13-17(22)20-6-5-15(12-20)18(23)24/h2-4,11,15H,5-10,12-13H2,1H3,(H,23,24). The number of carboxylic acids is 1. The highest BCUT2D eigenvalue weighted by atomic mass is 32.2. The summed E-state index contributed by atoms with van der Waals surface area (Å²) in [5, 5.41) is 9.02. The van der Waals surface area contributed by atoms with Crippen LogP contribution in [0.2, 0.25) is 0 Å². The zero-order valence-electron chi connectivity index (χ0n) is 15.4. The third kappa shape index (κ3) is 4.59. The molecule has 1 amide bonds. The molecule has 1 aromatic carbocycles. The topological polar surface area (TPSA) is 98.2 Å². The van der Waals surface area contributed by atoms with Crippen LogP contribution in [0.15, 0.2) is 24.3 Å². The number of sulfonamides is 1. The number of anilines is 1. The number of carboxylic acid groups (broad SMARTS) is 1. The molecule has 0 radical (unpaired) electrons. The predicted octanol–water partition coefficient (Wildman–Crippen LogP) is 0.380. The van der Waals surface area contributed by atoms with Crippen molar-refractivity contribution in [3.05, 3.63) is 29.8 Å². The van der Waals surface area contributed by atoms with E-state index in [4.69, 9.17) is 5.11 Å². The molecule has 0 bridgehead atoms. The van der Waals surface area contributed by atoms with Crippen LogP contribution in [0.3, 0.4) is 0 Å². The van der Waals surface area contributed by atoms with Crippen molar-refractivity contribution < 1.29 is 23.1 Å². The van der Waals surface area contributed by atoms with Crippen molar-refractivity contribution in [1.29, 1.82) is 0 Å². The number of carbonyl (C=O) groups excluding carboxylic acids is 1. The molecule has 2 aliphatic rings. The van der Waals surface area contributed by atoms with Gasteiger partial charge in [0.15, 0.2) is 0 Å². The van der Waals surface area contributed by atoms with Gasteiger partial charge in [0.2, 0.25) is 15.9 Å². The number of aryl methyl sites for hydroxylation is 1. The second kappa shape index (κ2) is 7.85. The van der Waals surface area contributed by atoms with E-state index in [1.807, 2.05) is 25.1 Å². The van der Waals surface area contributed by atoms with Crippen molar-refractivity contribution in [2.24, 2.45) is 5.92 Å². The first-order chi connectivity index (χ1) is 12.8. The molecule has 0 aliphatic carbocycles. The fourth-order valence-electron chi connectivity index (χ4n) is 3.58. The molecule has 2 fully saturated rings. The van der Waals surface area contributed by atoms with Crippen LogP contribution in [0.5, 0.6) is 0 Å². The van der Waals surface area contributed by atoms with Gasteiger partial charge >= 0.3 is 5.97 Å². The Hall–Kier alpha value is -2.13. The molecule has 1 N–H and O–H groups in total. The molecule has 2 heterocycles. The average molecular weight is 395 g/mol. The normalized spacial score (nSPS) is 21.4. The number of benzene rings is 1. The Morgan fingerprint density at radius 1 is 1.15 bits per heavy atom. The summed E-state index contributed by atoms with van der Waals surface area (Å²) in [7, 11) is -3.70. The van der Waals surface area contributed by atoms with Crippen molar-refractivity contribution >= 4 is 27.6 Å². The number of hydrogen-bond acceptors (Lipinski definition) is 5. The quantitative estimate of drug-likeness (QED) is 0.774. The zero-order valence-corrected chi connectivity index (χ0v) is 16.2. The van der Waals surface area contributed by atoms with E-state index < -0.39 is 33.6 Å². The predicted molar refractivity (Wildman–Crippen MR) is 101 cm³/mol. The molecule has 148 valence electrons. The maximum Gasteiger partial charge on any atom is 0.308 e. The highest BCUT2D eigenvalue weighted by molar-refractivity contribution is 7.89. The SMILES string of the molecule is Cc1cccc(N2CCN(S(=O)(=O)CC(=O)N3CCC(C(=O)O)C3)CC2)c1. The first kappa shape index (κ1) is 19.6. The molecule has 1 unspecified atom stereocenters. The molecule has 8 nitrogen and oxygen atoms in total. The maximum absolute atomic E-state index is 12.6. The number of rotatable bonds is 5. The van der Waals surface area contributed by atoms with Gasteiger partial charge in [-0.25, -0.2) is 8.42 Å². The zero-order chi connectivity index (χ0) is 19.6. The van der Waals surface area contributed by atoms with Crippen molar-refractivity contribution in [1.82, 2.24) is 9.21 Å². The molecule has 1 atom stereocenters. The van der Waals surface area contributed by atoms with Crippen LogP contribution in [0.4, 0.5) is 5.69 Å². The number of likely N-dealkylation sites (tertiary alicyclic amines) is 1. The van der Waals surface area contributed by atoms with E-state index in [1.54, 1.807) is 0 Å². The third-order valence-corrected chi connectivity index (χ3v) is 6.96. The van der Waals surface area contributed by atoms with Crippen LogP contribution < -0.4 is 4.90 Å². The summed E-state index contributed by atoms with van der Waals surface area (Å²) in [6, 6.07) is 8.07. The van der Waals surface area contributed by atoms with Crippen LogP contribution in [-0.2, 0) is 19.6 Å². The lowest BCUT2D eigenvalue weighted by Crippen LogP contribution is -2.50. The lowest BCUT2D eigenvalue weighted by atomic mass is 10.1. The lowest BCUT2D eigenvalue weighted by Gasteiger charge is -2.35. The highest BCUT2D eigenvalue weighted by Crippen LogP contribution is 2.20. The minimum atomic E-state index is -3.70. The molecule has 0 saturated carbocycles. The largest absolute Gasteiger partial charge is 0.481 e. The first-order valence-electron chi connectivity index (χ1n) is 9.06. The van der Waals surface area contributed by atoms with Crippen LogP contribution in [0.1, 0.15) is 12.0 Å². The first-order valence-corrected chi connectivity index (χ1v) is 10.7. The molecule has 0 spiro atoms. The fourth-order valence-corrected chi connectivity index (χ4v) is 4.97. The second-order valence-corrected chi connectivity index (χ2v) is 9.11. The van der Waals surface area contributed by atoms with Crippen molar-refractivity contribution in [3.63, 3.8) is 0 Å². The Balaban J connectivity index is 1.55. The minimum Gasteiger partial charge on any atom is -0.481 e. The van der Waals surface area contributed by atoms with Gasteiger partial charge in [0.25, 0.3) is 0 Å². The van der Waals surface area contributed by atoms with Gasteiger partial charge < -0.3 is 14.9 Å². The van der Waals surface area contributed by atoms with E-state index in [9.17, 15) is 18.0 Å². The lowest BCUT2D eigenvalue weighted by molar-refractivity contribution is -0.141. The van der Waals surface area contributed by atoms with Gasteiger partial charge in [-0.3, -0.25) is 9.59 Å². The van der Waals surface area contributed by atoms with E-state index in [-0.39, 0.29) is 6.54 Å². The Morgan fingerprint density at radius 2 is 1.85 bits per heavy atom. The summed E-state index contributed by atoms with van der Waals surface area (Å²) in [6.45, 7) is 4.21. The minimum absolute atomic E-state index is 0.0881. The smallest absolute Gasteiger partial charge is 0.308 e. The Labute approximate surface area is 159 Å². The summed E-state index contributed by atoms with van der Waals surface area (Å²) < 4.78 is 26.6. The Kier molecular flexibility index (Phi) is 5.71. The van der Waals surface area contributed by atoms with Gasteiger partial charge in [0.1, 0.15) is 5.75 Å². The summed E-state index contributed by atoms with van der Waals surface area (Å²) in [5.74, 6) is -2.65. The van der Waals surface area contributed by atoms with Crippen molar-refractivity contribution in [2.75, 3.05) is 49.9 Å². The molecule has 2 saturated heterocycles. The monoisotopic (exact) mass is 395 g/mol. The fraction of sp³-hybridized carbons (Fsp3) is 0.556. The molecule has 27 heavy (non-hydrogen) atoms. The summed E-state index contributed by atoms with van der Waals surface area (Å²) in [5.41, 5.74) is 2.22. The number of amides is 1. The van der Waals surface area contributed by atoms with Gasteiger partial charge in [0, 0.05) is 45.0 Å². The number of aliphatic carboxylic acids is 1. The third-order valence-electron chi connectivity index (χ3n) is 5.19. The molecule has 1 aromatic rings. The molecular weight excluding hydrogens is 370 g/mol. The average Bonchev–Trinajstić information content (AvgIpc) is 3.12. The maximum atomic E-state index is 12.6. The molecule has 9 heteroatoms. The van der Waals surface area contributed by atoms with E-state index in [2.05, 4.69) is 11.0 Å². The second-order valence-electron chi connectivity index (χ2n) is 7.14. The Bertz CT molecular complexity index is 818. The number of piperazine rings is 1. The van der Waals surface area contributed by atoms with Gasteiger partial charge in [-0.15, -0.1) is 0 Å². The Morgan fingerprint density at radius 3 is 2.44 bits per heavy atom. The van der Waals surface area contributed by atoms with Gasteiger partial charge in [-0.2, -0.15) is 4.31 Å². The van der Waals surface area contributed by atoms with E-state index >= 15 is 0 Å². The molecule has 2 aliphatic heterocycles. The van der Waals surface area contributed by atoms with E-state index in [0.29, 0.717) is 39.1 Å². The van der Waals surface area contributed by atoms with Gasteiger partial charge in [0.05, 0.1) is 5.92 Å². The van der Waals surface area contributed by atoms with E-state index in [0.717, 1.165) is 11.3 Å². The van der Waals surface area contributed by atoms with Gasteiger partial charge in [-0.05, 0) is 31.0 Å². The summed E-state index contributed by atoms with van der Waals surface area (Å²) >= 11 is 0. The molecular formula is C18H25N3O5S. The van der Waals surface area contributed by atoms with Crippen LogP contribution >= 0.6 is 0 Å². The molecule has 0 aromatic heterocycles. The summed E-state index contributed by atoms with van der Waals surface area (Å²) in [6.07, 6.45) is 0.371. The van der Waals surface area contributed by atoms with E-state index in [1.165, 1.54) is 9.21 Å². The van der Waals surface area contributed by atoms with Crippen LogP contribution in [-0.4, -0.2) is 79.6 Å². The summed E-state index contributed by atoms with van der Waals surface area (Å²) in [4.78, 5) is 26.8.